The summed E-state index contributed by atoms with van der Waals surface area (Å²) in [6.07, 6.45) is 1.45. The van der Waals surface area contributed by atoms with E-state index in [9.17, 15) is 10.1 Å². The van der Waals surface area contributed by atoms with Crippen LogP contribution in [0.1, 0.15) is 64.4 Å². The zero-order chi connectivity index (χ0) is 27.4. The Morgan fingerprint density at radius 3 is 2.68 bits per heavy atom. The van der Waals surface area contributed by atoms with Gasteiger partial charge in [0.05, 0.1) is 17.2 Å². The van der Waals surface area contributed by atoms with Crippen LogP contribution in [0, 0.1) is 17.1 Å². The van der Waals surface area contributed by atoms with Crippen molar-refractivity contribution < 1.29 is 4.39 Å². The summed E-state index contributed by atoms with van der Waals surface area (Å²) < 4.78 is 18.0. The molecule has 0 spiro atoms. The van der Waals surface area contributed by atoms with E-state index in [1.165, 1.54) is 38.8 Å². The molecule has 3 aromatic heterocycles. The number of rotatable bonds is 5. The van der Waals surface area contributed by atoms with Gasteiger partial charge in [0.15, 0.2) is 17.3 Å². The van der Waals surface area contributed by atoms with Crippen molar-refractivity contribution in [3.05, 3.63) is 69.5 Å². The predicted octanol–water partition coefficient (Wildman–Crippen LogP) is 4.62. The highest BCUT2D eigenvalue weighted by Crippen LogP contribution is 2.32. The lowest BCUT2D eigenvalue weighted by Gasteiger charge is -2.33. The average molecular weight is 515 g/mol. The Bertz CT molecular complexity index is 1660. The number of benzene rings is 1. The van der Waals surface area contributed by atoms with Crippen LogP contribution in [0.15, 0.2) is 41.3 Å². The van der Waals surface area contributed by atoms with Crippen LogP contribution in [-0.4, -0.2) is 30.9 Å². The maximum atomic E-state index is 15.3. The second-order valence-corrected chi connectivity index (χ2v) is 11.2. The standard InChI is InChI=1S/C28H31FN8O/c1-16(2)36-25(38)19-13-32-26(33-18-7-8-20-17(11-18)12-31-15-28(20,5)6)35-23(19)37(36)24-21(29)9-10-22(34-24)27(3,4)14-30/h7-11,13,16,31H,12,15H2,1-6H3,(H,32,33,35). The van der Waals surface area contributed by atoms with Gasteiger partial charge < -0.3 is 10.6 Å². The minimum absolute atomic E-state index is 0.0308. The van der Waals surface area contributed by atoms with Crippen molar-refractivity contribution in [3.8, 4) is 11.9 Å². The number of nitrogens with zero attached hydrogens (tertiary/aromatic N) is 6. The number of hydrogen-bond acceptors (Lipinski definition) is 7. The molecule has 0 saturated carbocycles. The second-order valence-electron chi connectivity index (χ2n) is 11.2. The third-order valence-corrected chi connectivity index (χ3v) is 7.03. The Balaban J connectivity index is 1.65. The van der Waals surface area contributed by atoms with Crippen LogP contribution in [0.25, 0.3) is 16.9 Å². The van der Waals surface area contributed by atoms with Gasteiger partial charge in [0.2, 0.25) is 5.95 Å². The molecule has 0 bridgehead atoms. The number of pyridine rings is 1. The molecule has 1 aromatic carbocycles. The summed E-state index contributed by atoms with van der Waals surface area (Å²) in [4.78, 5) is 26.8. The Morgan fingerprint density at radius 1 is 1.21 bits per heavy atom. The molecule has 1 aliphatic heterocycles. The molecule has 196 valence electrons. The van der Waals surface area contributed by atoms with E-state index in [2.05, 4.69) is 57.6 Å². The van der Waals surface area contributed by atoms with Gasteiger partial charge in [-0.3, -0.25) is 4.79 Å². The Labute approximate surface area is 220 Å². The summed E-state index contributed by atoms with van der Waals surface area (Å²) in [5.41, 5.74) is 2.63. The van der Waals surface area contributed by atoms with Crippen LogP contribution in [0.3, 0.4) is 0 Å². The Hall–Kier alpha value is -4.10. The highest BCUT2D eigenvalue weighted by molar-refractivity contribution is 5.77. The van der Waals surface area contributed by atoms with Crippen LogP contribution in [0.5, 0.6) is 0 Å². The van der Waals surface area contributed by atoms with Gasteiger partial charge >= 0.3 is 0 Å². The number of aromatic nitrogens is 5. The summed E-state index contributed by atoms with van der Waals surface area (Å²) in [5.74, 6) is -0.464. The quantitative estimate of drug-likeness (QED) is 0.399. The van der Waals surface area contributed by atoms with Crippen LogP contribution >= 0.6 is 0 Å². The minimum Gasteiger partial charge on any atom is -0.324 e. The molecule has 9 nitrogen and oxygen atoms in total. The lowest BCUT2D eigenvalue weighted by Crippen LogP contribution is -2.38. The van der Waals surface area contributed by atoms with Crippen molar-refractivity contribution in [2.24, 2.45) is 0 Å². The van der Waals surface area contributed by atoms with Crippen molar-refractivity contribution in [1.82, 2.24) is 29.6 Å². The summed E-state index contributed by atoms with van der Waals surface area (Å²) >= 11 is 0. The normalized spacial score (nSPS) is 14.9. The van der Waals surface area contributed by atoms with E-state index in [1.807, 2.05) is 19.9 Å². The first-order valence-electron chi connectivity index (χ1n) is 12.6. The second kappa shape index (κ2) is 9.03. The summed E-state index contributed by atoms with van der Waals surface area (Å²) in [6, 6.07) is 10.8. The van der Waals surface area contributed by atoms with Gasteiger partial charge in [-0.1, -0.05) is 19.9 Å². The number of nitriles is 1. The monoisotopic (exact) mass is 514 g/mol. The maximum Gasteiger partial charge on any atom is 0.278 e. The fraction of sp³-hybridized carbons (Fsp3) is 0.393. The number of anilines is 2. The molecule has 38 heavy (non-hydrogen) atoms. The molecule has 0 radical (unpaired) electrons. The third kappa shape index (κ3) is 4.23. The number of fused-ring (bicyclic) bond motifs is 2. The van der Waals surface area contributed by atoms with Crippen molar-refractivity contribution in [2.75, 3.05) is 11.9 Å². The molecule has 0 atom stereocenters. The first kappa shape index (κ1) is 25.5. The van der Waals surface area contributed by atoms with Crippen molar-refractivity contribution in [1.29, 1.82) is 5.26 Å². The van der Waals surface area contributed by atoms with E-state index in [0.717, 1.165) is 18.8 Å². The molecule has 10 heteroatoms. The molecule has 0 amide bonds. The topological polar surface area (TPSA) is 113 Å². The lowest BCUT2D eigenvalue weighted by molar-refractivity contribution is 0.435. The van der Waals surface area contributed by atoms with Gasteiger partial charge in [0, 0.05) is 36.4 Å². The molecular weight excluding hydrogens is 483 g/mol. The molecule has 4 heterocycles. The SMILES string of the molecule is CC(C)n1c(=O)c2cnc(Nc3ccc4c(c3)CNCC4(C)C)nc2n1-c1nc(C(C)(C)C#N)ccc1F. The number of hydrogen-bond donors (Lipinski definition) is 2. The largest absolute Gasteiger partial charge is 0.324 e. The Kier molecular flexibility index (Phi) is 6.07. The fourth-order valence-corrected chi connectivity index (χ4v) is 4.93. The Morgan fingerprint density at radius 2 is 1.97 bits per heavy atom. The van der Waals surface area contributed by atoms with E-state index in [0.29, 0.717) is 5.69 Å². The summed E-state index contributed by atoms with van der Waals surface area (Å²) in [7, 11) is 0. The molecule has 4 aromatic rings. The third-order valence-electron chi connectivity index (χ3n) is 7.03. The smallest absolute Gasteiger partial charge is 0.278 e. The van der Waals surface area contributed by atoms with E-state index >= 15 is 4.39 Å². The summed E-state index contributed by atoms with van der Waals surface area (Å²) in [6.45, 7) is 13.2. The average Bonchev–Trinajstić information content (AvgIpc) is 3.15. The highest BCUT2D eigenvalue weighted by Gasteiger charge is 2.28. The van der Waals surface area contributed by atoms with E-state index in [-0.39, 0.29) is 39.8 Å². The zero-order valence-corrected chi connectivity index (χ0v) is 22.4. The zero-order valence-electron chi connectivity index (χ0n) is 22.4. The molecule has 1 aliphatic rings. The van der Waals surface area contributed by atoms with Crippen LogP contribution in [0.2, 0.25) is 0 Å². The van der Waals surface area contributed by atoms with Gasteiger partial charge in [-0.05, 0) is 63.1 Å². The molecule has 0 saturated heterocycles. The van der Waals surface area contributed by atoms with E-state index in [1.54, 1.807) is 13.8 Å². The van der Waals surface area contributed by atoms with Crippen molar-refractivity contribution in [2.45, 2.75) is 65.0 Å². The van der Waals surface area contributed by atoms with Crippen LogP contribution in [0.4, 0.5) is 16.0 Å². The van der Waals surface area contributed by atoms with Crippen molar-refractivity contribution >= 4 is 22.7 Å². The molecule has 0 aliphatic carbocycles. The predicted molar refractivity (Wildman–Crippen MR) is 144 cm³/mol. The van der Waals surface area contributed by atoms with Gasteiger partial charge in [0.1, 0.15) is 5.39 Å². The first-order chi connectivity index (χ1) is 17.9. The van der Waals surface area contributed by atoms with Crippen LogP contribution in [-0.2, 0) is 17.4 Å². The minimum atomic E-state index is -0.952. The fourth-order valence-electron chi connectivity index (χ4n) is 4.93. The summed E-state index contributed by atoms with van der Waals surface area (Å²) in [5, 5.41) is 16.5. The van der Waals surface area contributed by atoms with E-state index < -0.39 is 11.2 Å². The maximum absolute atomic E-state index is 15.3. The molecule has 0 unspecified atom stereocenters. The molecule has 0 fully saturated rings. The molecule has 5 rings (SSSR count). The molecule has 2 N–H and O–H groups in total. The number of halogens is 1. The first-order valence-corrected chi connectivity index (χ1v) is 12.6. The van der Waals surface area contributed by atoms with Gasteiger partial charge in [-0.15, -0.1) is 0 Å². The van der Waals surface area contributed by atoms with Gasteiger partial charge in [-0.2, -0.15) is 10.2 Å². The molecular formula is C28H31FN8O. The van der Waals surface area contributed by atoms with E-state index in [4.69, 9.17) is 0 Å². The van der Waals surface area contributed by atoms with Gasteiger partial charge in [-0.25, -0.2) is 23.7 Å². The highest BCUT2D eigenvalue weighted by atomic mass is 19.1. The van der Waals surface area contributed by atoms with Crippen LogP contribution < -0.4 is 16.2 Å². The lowest BCUT2D eigenvalue weighted by atomic mass is 9.79. The van der Waals surface area contributed by atoms with Crippen molar-refractivity contribution in [3.63, 3.8) is 0 Å². The van der Waals surface area contributed by atoms with Gasteiger partial charge in [0.25, 0.3) is 5.56 Å². The number of nitrogens with one attached hydrogen (secondary N) is 2.